The van der Waals surface area contributed by atoms with Crippen LogP contribution in [0.1, 0.15) is 21.6 Å². The van der Waals surface area contributed by atoms with Gasteiger partial charge in [-0.1, -0.05) is 24.3 Å². The first-order valence-corrected chi connectivity index (χ1v) is 11.3. The van der Waals surface area contributed by atoms with Crippen molar-refractivity contribution in [3.8, 4) is 5.69 Å². The van der Waals surface area contributed by atoms with Crippen molar-refractivity contribution in [2.75, 3.05) is 26.3 Å². The number of sulfonamides is 1. The SMILES string of the molecule is Cc1ccc(S(=O)(=O)N2CCOCC2)cc1C(=O)OCc1ccn(-c2ccccc2)n1. The molecular formula is C22H23N3O5S. The normalized spacial score (nSPS) is 15.0. The molecule has 9 heteroatoms. The molecule has 0 atom stereocenters. The number of morpholine rings is 1. The molecule has 2 aromatic carbocycles. The summed E-state index contributed by atoms with van der Waals surface area (Å²) in [6.07, 6.45) is 1.79. The van der Waals surface area contributed by atoms with Gasteiger partial charge in [0.1, 0.15) is 12.3 Å². The van der Waals surface area contributed by atoms with Crippen molar-refractivity contribution >= 4 is 16.0 Å². The number of benzene rings is 2. The average molecular weight is 442 g/mol. The van der Waals surface area contributed by atoms with Gasteiger partial charge in [0.2, 0.25) is 10.0 Å². The molecule has 2 heterocycles. The fraction of sp³-hybridized carbons (Fsp3) is 0.273. The molecule has 0 amide bonds. The maximum atomic E-state index is 12.9. The van der Waals surface area contributed by atoms with Crippen LogP contribution in [0.2, 0.25) is 0 Å². The van der Waals surface area contributed by atoms with Crippen LogP contribution in [0.25, 0.3) is 5.69 Å². The molecule has 8 nitrogen and oxygen atoms in total. The average Bonchev–Trinajstić information content (AvgIpc) is 3.28. The zero-order chi connectivity index (χ0) is 21.8. The van der Waals surface area contributed by atoms with E-state index in [0.29, 0.717) is 37.6 Å². The van der Waals surface area contributed by atoms with Crippen LogP contribution in [0.3, 0.4) is 0 Å². The third-order valence-corrected chi connectivity index (χ3v) is 6.95. The van der Waals surface area contributed by atoms with E-state index >= 15 is 0 Å². The van der Waals surface area contributed by atoms with Crippen molar-refractivity contribution in [3.05, 3.63) is 77.6 Å². The number of carbonyl (C=O) groups excluding carboxylic acids is 1. The first-order chi connectivity index (χ1) is 14.9. The van der Waals surface area contributed by atoms with Gasteiger partial charge in [-0.15, -0.1) is 0 Å². The molecular weight excluding hydrogens is 418 g/mol. The summed E-state index contributed by atoms with van der Waals surface area (Å²) >= 11 is 0. The Morgan fingerprint density at radius 1 is 1.10 bits per heavy atom. The highest BCUT2D eigenvalue weighted by Gasteiger charge is 2.27. The van der Waals surface area contributed by atoms with E-state index in [9.17, 15) is 13.2 Å². The van der Waals surface area contributed by atoms with Crippen molar-refractivity contribution in [2.45, 2.75) is 18.4 Å². The number of esters is 1. The van der Waals surface area contributed by atoms with Crippen LogP contribution in [0, 0.1) is 6.92 Å². The lowest BCUT2D eigenvalue weighted by Gasteiger charge is -2.26. The van der Waals surface area contributed by atoms with Crippen molar-refractivity contribution in [1.29, 1.82) is 0 Å². The van der Waals surface area contributed by atoms with Gasteiger partial charge in [-0.05, 0) is 42.8 Å². The second-order valence-electron chi connectivity index (χ2n) is 7.16. The van der Waals surface area contributed by atoms with Crippen LogP contribution in [0.5, 0.6) is 0 Å². The highest BCUT2D eigenvalue weighted by molar-refractivity contribution is 7.89. The molecule has 1 saturated heterocycles. The predicted molar refractivity (Wildman–Crippen MR) is 113 cm³/mol. The lowest BCUT2D eigenvalue weighted by molar-refractivity contribution is 0.0466. The molecule has 0 aliphatic carbocycles. The smallest absolute Gasteiger partial charge is 0.338 e. The Balaban J connectivity index is 1.47. The van der Waals surface area contributed by atoms with Gasteiger partial charge < -0.3 is 9.47 Å². The van der Waals surface area contributed by atoms with E-state index in [1.807, 2.05) is 30.3 Å². The van der Waals surface area contributed by atoms with Crippen molar-refractivity contribution in [2.24, 2.45) is 0 Å². The van der Waals surface area contributed by atoms with Gasteiger partial charge in [0.05, 0.1) is 29.4 Å². The highest BCUT2D eigenvalue weighted by atomic mass is 32.2. The summed E-state index contributed by atoms with van der Waals surface area (Å²) in [5.41, 5.74) is 2.35. The van der Waals surface area contributed by atoms with E-state index in [2.05, 4.69) is 5.10 Å². The summed E-state index contributed by atoms with van der Waals surface area (Å²) in [5, 5.41) is 4.41. The zero-order valence-corrected chi connectivity index (χ0v) is 17.9. The van der Waals surface area contributed by atoms with Crippen LogP contribution in [-0.2, 0) is 26.1 Å². The fourth-order valence-corrected chi connectivity index (χ4v) is 4.73. The Morgan fingerprint density at radius 3 is 2.58 bits per heavy atom. The monoisotopic (exact) mass is 441 g/mol. The molecule has 0 bridgehead atoms. The van der Waals surface area contributed by atoms with Crippen LogP contribution >= 0.6 is 0 Å². The van der Waals surface area contributed by atoms with Crippen LogP contribution in [0.15, 0.2) is 65.7 Å². The highest BCUT2D eigenvalue weighted by Crippen LogP contribution is 2.21. The molecule has 31 heavy (non-hydrogen) atoms. The van der Waals surface area contributed by atoms with E-state index in [4.69, 9.17) is 9.47 Å². The molecule has 1 fully saturated rings. The minimum atomic E-state index is -3.70. The molecule has 0 N–H and O–H groups in total. The molecule has 162 valence electrons. The molecule has 1 aromatic heterocycles. The fourth-order valence-electron chi connectivity index (χ4n) is 3.30. The Morgan fingerprint density at radius 2 is 1.84 bits per heavy atom. The number of aryl methyl sites for hydroxylation is 1. The van der Waals surface area contributed by atoms with E-state index in [1.165, 1.54) is 16.4 Å². The van der Waals surface area contributed by atoms with Gasteiger partial charge >= 0.3 is 5.97 Å². The maximum absolute atomic E-state index is 12.9. The van der Waals surface area contributed by atoms with E-state index in [1.54, 1.807) is 29.9 Å². The van der Waals surface area contributed by atoms with E-state index in [0.717, 1.165) is 5.69 Å². The quantitative estimate of drug-likeness (QED) is 0.546. The summed E-state index contributed by atoms with van der Waals surface area (Å²) in [6.45, 7) is 3.02. The van der Waals surface area contributed by atoms with Gasteiger partial charge in [0, 0.05) is 19.3 Å². The molecule has 4 rings (SSSR count). The number of hydrogen-bond acceptors (Lipinski definition) is 6. The second-order valence-corrected chi connectivity index (χ2v) is 9.09. The van der Waals surface area contributed by atoms with Gasteiger partial charge in [-0.2, -0.15) is 9.40 Å². The first kappa shape index (κ1) is 21.2. The van der Waals surface area contributed by atoms with Gasteiger partial charge in [-0.3, -0.25) is 0 Å². The lowest BCUT2D eigenvalue weighted by atomic mass is 10.1. The second kappa shape index (κ2) is 9.01. The topological polar surface area (TPSA) is 90.7 Å². The first-order valence-electron chi connectivity index (χ1n) is 9.91. The van der Waals surface area contributed by atoms with Crippen molar-refractivity contribution in [1.82, 2.24) is 14.1 Å². The number of para-hydroxylation sites is 1. The number of hydrogen-bond donors (Lipinski definition) is 0. The van der Waals surface area contributed by atoms with Gasteiger partial charge in [0.25, 0.3) is 0 Å². The number of ether oxygens (including phenoxy) is 2. The summed E-state index contributed by atoms with van der Waals surface area (Å²) in [7, 11) is -3.70. The minimum absolute atomic E-state index is 0.0153. The molecule has 0 saturated carbocycles. The molecule has 0 spiro atoms. The molecule has 0 radical (unpaired) electrons. The third-order valence-electron chi connectivity index (χ3n) is 5.05. The molecule has 0 unspecified atom stereocenters. The maximum Gasteiger partial charge on any atom is 0.338 e. The van der Waals surface area contributed by atoms with E-state index in [-0.39, 0.29) is 17.1 Å². The van der Waals surface area contributed by atoms with Crippen molar-refractivity contribution in [3.63, 3.8) is 0 Å². The minimum Gasteiger partial charge on any atom is -0.455 e. The van der Waals surface area contributed by atoms with E-state index < -0.39 is 16.0 Å². The Bertz CT molecular complexity index is 1170. The summed E-state index contributed by atoms with van der Waals surface area (Å²) < 4.78 is 39.5. The van der Waals surface area contributed by atoms with Crippen LogP contribution in [0.4, 0.5) is 0 Å². The number of nitrogens with zero attached hydrogens (tertiary/aromatic N) is 3. The molecule has 1 aliphatic rings. The van der Waals surface area contributed by atoms with Crippen LogP contribution < -0.4 is 0 Å². The molecule has 1 aliphatic heterocycles. The lowest BCUT2D eigenvalue weighted by Crippen LogP contribution is -2.40. The Hall–Kier alpha value is -3.01. The largest absolute Gasteiger partial charge is 0.455 e. The molecule has 3 aromatic rings. The number of aromatic nitrogens is 2. The summed E-state index contributed by atoms with van der Waals surface area (Å²) in [5.74, 6) is -0.592. The zero-order valence-electron chi connectivity index (χ0n) is 17.1. The van der Waals surface area contributed by atoms with Gasteiger partial charge in [-0.25, -0.2) is 17.9 Å². The third kappa shape index (κ3) is 4.68. The van der Waals surface area contributed by atoms with Gasteiger partial charge in [0.15, 0.2) is 0 Å². The Kier molecular flexibility index (Phi) is 6.17. The Labute approximate surface area is 181 Å². The van der Waals surface area contributed by atoms with Crippen molar-refractivity contribution < 1.29 is 22.7 Å². The number of rotatable bonds is 6. The standard InChI is InChI=1S/C22H23N3O5S/c1-17-7-8-20(31(27,28)24-11-13-29-14-12-24)15-21(17)22(26)30-16-18-9-10-25(23-18)19-5-3-2-4-6-19/h2-10,15H,11-14,16H2,1H3. The predicted octanol–water partition coefficient (Wildman–Crippen LogP) is 2.56. The summed E-state index contributed by atoms with van der Waals surface area (Å²) in [4.78, 5) is 12.8. The van der Waals surface area contributed by atoms with Crippen LogP contribution in [-0.4, -0.2) is 54.8 Å². The summed E-state index contributed by atoms with van der Waals surface area (Å²) in [6, 6.07) is 15.9. The number of carbonyl (C=O) groups is 1.